The van der Waals surface area contributed by atoms with E-state index >= 15 is 0 Å². The Balaban J connectivity index is 1.72. The maximum atomic E-state index is 12.9. The van der Waals surface area contributed by atoms with Crippen molar-refractivity contribution >= 4 is 23.7 Å². The molecule has 0 atom stereocenters. The summed E-state index contributed by atoms with van der Waals surface area (Å²) in [4.78, 5) is 16.7. The number of nitrogens with zero attached hydrogens (tertiary/aromatic N) is 2. The molecular weight excluding hydrogens is 353 g/mol. The Kier molecular flexibility index (Phi) is 5.39. The van der Waals surface area contributed by atoms with Crippen molar-refractivity contribution in [3.8, 4) is 11.3 Å². The van der Waals surface area contributed by atoms with Crippen molar-refractivity contribution in [1.29, 1.82) is 0 Å². The zero-order chi connectivity index (χ0) is 18.5. The van der Waals surface area contributed by atoms with E-state index in [-0.39, 0.29) is 11.7 Å². The van der Waals surface area contributed by atoms with Crippen LogP contribution in [0.1, 0.15) is 21.6 Å². The van der Waals surface area contributed by atoms with E-state index in [1.54, 1.807) is 37.3 Å². The van der Waals surface area contributed by atoms with Gasteiger partial charge in [0.1, 0.15) is 5.82 Å². The first-order chi connectivity index (χ1) is 12.5. The van der Waals surface area contributed by atoms with Gasteiger partial charge in [-0.2, -0.15) is 5.10 Å². The van der Waals surface area contributed by atoms with Crippen molar-refractivity contribution in [3.63, 3.8) is 0 Å². The lowest BCUT2D eigenvalue weighted by Gasteiger charge is -2.07. The zero-order valence-corrected chi connectivity index (χ0v) is 14.7. The number of aryl methyl sites for hydroxylation is 1. The molecule has 26 heavy (non-hydrogen) atoms. The molecule has 1 amide bonds. The first kappa shape index (κ1) is 17.8. The summed E-state index contributed by atoms with van der Waals surface area (Å²) < 4.78 is 12.9. The molecule has 2 aromatic carbocycles. The van der Waals surface area contributed by atoms with Gasteiger partial charge in [0.05, 0.1) is 23.2 Å². The van der Waals surface area contributed by atoms with Crippen LogP contribution in [0.2, 0.25) is 5.02 Å². The van der Waals surface area contributed by atoms with Gasteiger partial charge in [0, 0.05) is 10.6 Å². The van der Waals surface area contributed by atoms with Crippen molar-refractivity contribution in [2.24, 2.45) is 5.10 Å². The number of pyridine rings is 1. The molecule has 1 N–H and O–H groups in total. The molecule has 1 heterocycles. The van der Waals surface area contributed by atoms with E-state index in [1.165, 1.54) is 18.3 Å². The molecule has 6 heteroatoms. The number of hydrazone groups is 1. The molecule has 0 aliphatic heterocycles. The van der Waals surface area contributed by atoms with Crippen molar-refractivity contribution < 1.29 is 9.18 Å². The molecule has 0 bridgehead atoms. The van der Waals surface area contributed by atoms with Crippen molar-refractivity contribution in [1.82, 2.24) is 10.4 Å². The summed E-state index contributed by atoms with van der Waals surface area (Å²) >= 11 is 6.00. The van der Waals surface area contributed by atoms with Gasteiger partial charge in [-0.1, -0.05) is 35.9 Å². The SMILES string of the molecule is Cc1nc(-c2cccc(Cl)c2)ccc1C(=O)N/N=C/c1ccc(F)cc1. The van der Waals surface area contributed by atoms with Crippen LogP contribution in [0.5, 0.6) is 0 Å². The summed E-state index contributed by atoms with van der Waals surface area (Å²) in [5.41, 5.74) is 5.74. The van der Waals surface area contributed by atoms with Gasteiger partial charge in [-0.25, -0.2) is 9.82 Å². The van der Waals surface area contributed by atoms with Crippen LogP contribution >= 0.6 is 11.6 Å². The largest absolute Gasteiger partial charge is 0.273 e. The van der Waals surface area contributed by atoms with Gasteiger partial charge in [-0.3, -0.25) is 9.78 Å². The number of nitrogens with one attached hydrogen (secondary N) is 1. The highest BCUT2D eigenvalue weighted by molar-refractivity contribution is 6.30. The van der Waals surface area contributed by atoms with Crippen LogP contribution in [0.25, 0.3) is 11.3 Å². The highest BCUT2D eigenvalue weighted by Crippen LogP contribution is 2.22. The van der Waals surface area contributed by atoms with Crippen LogP contribution in [0, 0.1) is 12.7 Å². The lowest BCUT2D eigenvalue weighted by Crippen LogP contribution is -2.19. The van der Waals surface area contributed by atoms with Crippen LogP contribution in [0.3, 0.4) is 0 Å². The Bertz CT molecular complexity index is 971. The first-order valence-electron chi connectivity index (χ1n) is 7.85. The van der Waals surface area contributed by atoms with Gasteiger partial charge in [-0.15, -0.1) is 0 Å². The summed E-state index contributed by atoms with van der Waals surface area (Å²) in [6.45, 7) is 1.76. The Labute approximate surface area is 155 Å². The van der Waals surface area contributed by atoms with E-state index < -0.39 is 0 Å². The predicted molar refractivity (Wildman–Crippen MR) is 101 cm³/mol. The van der Waals surface area contributed by atoms with Gasteiger partial charge in [0.2, 0.25) is 0 Å². The van der Waals surface area contributed by atoms with Crippen molar-refractivity contribution in [2.45, 2.75) is 6.92 Å². The van der Waals surface area contributed by atoms with Gasteiger partial charge in [0.25, 0.3) is 5.91 Å². The molecular formula is C20H15ClFN3O. The fraction of sp³-hybridized carbons (Fsp3) is 0.0500. The molecule has 3 aromatic rings. The normalized spacial score (nSPS) is 10.9. The number of hydrogen-bond acceptors (Lipinski definition) is 3. The second kappa shape index (κ2) is 7.89. The fourth-order valence-electron chi connectivity index (χ4n) is 2.38. The molecule has 0 spiro atoms. The lowest BCUT2D eigenvalue weighted by molar-refractivity contribution is 0.0954. The number of benzene rings is 2. The number of carbonyl (C=O) groups is 1. The monoisotopic (exact) mass is 367 g/mol. The van der Waals surface area contributed by atoms with Crippen molar-refractivity contribution in [3.05, 3.63) is 88.3 Å². The zero-order valence-electron chi connectivity index (χ0n) is 13.9. The molecule has 0 unspecified atom stereocenters. The third-order valence-electron chi connectivity index (χ3n) is 3.70. The number of amides is 1. The maximum absolute atomic E-state index is 12.9. The smallest absolute Gasteiger partial charge is 0.267 e. The molecule has 0 fully saturated rings. The number of halogens is 2. The van der Waals surface area contributed by atoms with Gasteiger partial charge >= 0.3 is 0 Å². The minimum atomic E-state index is -0.369. The second-order valence-corrected chi connectivity index (χ2v) is 6.03. The maximum Gasteiger partial charge on any atom is 0.273 e. The van der Waals surface area contributed by atoms with Crippen LogP contribution < -0.4 is 5.43 Å². The third kappa shape index (κ3) is 4.32. The molecule has 0 saturated heterocycles. The van der Waals surface area contributed by atoms with E-state index in [2.05, 4.69) is 15.5 Å². The highest BCUT2D eigenvalue weighted by Gasteiger charge is 2.11. The van der Waals surface area contributed by atoms with Gasteiger partial charge in [0.15, 0.2) is 0 Å². The third-order valence-corrected chi connectivity index (χ3v) is 3.94. The molecule has 3 rings (SSSR count). The minimum Gasteiger partial charge on any atom is -0.267 e. The van der Waals surface area contributed by atoms with Crippen LogP contribution in [0.15, 0.2) is 65.8 Å². The van der Waals surface area contributed by atoms with E-state index in [9.17, 15) is 9.18 Å². The van der Waals surface area contributed by atoms with E-state index in [4.69, 9.17) is 11.6 Å². The molecule has 4 nitrogen and oxygen atoms in total. The van der Waals surface area contributed by atoms with E-state index in [0.717, 1.165) is 11.3 Å². The van der Waals surface area contributed by atoms with Gasteiger partial charge in [-0.05, 0) is 48.9 Å². The average molecular weight is 368 g/mol. The van der Waals surface area contributed by atoms with Crippen LogP contribution in [-0.2, 0) is 0 Å². The van der Waals surface area contributed by atoms with Crippen LogP contribution in [0.4, 0.5) is 4.39 Å². The number of carbonyl (C=O) groups excluding carboxylic acids is 1. The Morgan fingerprint density at radius 1 is 1.15 bits per heavy atom. The van der Waals surface area contributed by atoms with Gasteiger partial charge < -0.3 is 0 Å². The molecule has 1 aromatic heterocycles. The lowest BCUT2D eigenvalue weighted by atomic mass is 10.1. The summed E-state index contributed by atoms with van der Waals surface area (Å²) in [7, 11) is 0. The Morgan fingerprint density at radius 2 is 1.92 bits per heavy atom. The molecule has 0 saturated carbocycles. The summed E-state index contributed by atoms with van der Waals surface area (Å²) in [5, 5.41) is 4.51. The van der Waals surface area contributed by atoms with Crippen LogP contribution in [-0.4, -0.2) is 17.1 Å². The predicted octanol–water partition coefficient (Wildman–Crippen LogP) is 4.61. The fourth-order valence-corrected chi connectivity index (χ4v) is 2.57. The van der Waals surface area contributed by atoms with E-state index in [0.29, 0.717) is 21.8 Å². The number of hydrogen-bond donors (Lipinski definition) is 1. The molecule has 0 radical (unpaired) electrons. The summed E-state index contributed by atoms with van der Waals surface area (Å²) in [6, 6.07) is 16.6. The molecule has 0 aliphatic carbocycles. The quantitative estimate of drug-likeness (QED) is 0.540. The minimum absolute atomic E-state index is 0.326. The standard InChI is InChI=1S/C20H15ClFN3O/c1-13-18(9-10-19(24-13)15-3-2-4-16(21)11-15)20(26)25-23-12-14-5-7-17(22)8-6-14/h2-12H,1H3,(H,25,26)/b23-12+. The average Bonchev–Trinajstić information content (AvgIpc) is 2.63. The molecule has 0 aliphatic rings. The second-order valence-electron chi connectivity index (χ2n) is 5.59. The molecule has 130 valence electrons. The Hall–Kier alpha value is -3.05. The summed E-state index contributed by atoms with van der Waals surface area (Å²) in [6.07, 6.45) is 1.44. The first-order valence-corrected chi connectivity index (χ1v) is 8.23. The topological polar surface area (TPSA) is 54.4 Å². The van der Waals surface area contributed by atoms with Crippen molar-refractivity contribution in [2.75, 3.05) is 0 Å². The highest BCUT2D eigenvalue weighted by atomic mass is 35.5. The summed E-state index contributed by atoms with van der Waals surface area (Å²) in [5.74, 6) is -0.696. The Morgan fingerprint density at radius 3 is 2.62 bits per heavy atom. The van der Waals surface area contributed by atoms with E-state index in [1.807, 2.05) is 18.2 Å². The number of rotatable bonds is 4. The number of aromatic nitrogens is 1.